The van der Waals surface area contributed by atoms with Gasteiger partial charge in [-0.25, -0.2) is 0 Å². The van der Waals surface area contributed by atoms with Gasteiger partial charge in [0.2, 0.25) is 5.91 Å². The van der Waals surface area contributed by atoms with Crippen molar-refractivity contribution < 1.29 is 4.79 Å². The number of likely N-dealkylation sites (tertiary alicyclic amines) is 2. The fraction of sp³-hybridized carbons (Fsp3) is 0.611. The smallest absolute Gasteiger partial charge is 0.219 e. The van der Waals surface area contributed by atoms with Gasteiger partial charge >= 0.3 is 0 Å². The molecule has 0 radical (unpaired) electrons. The van der Waals surface area contributed by atoms with E-state index in [0.29, 0.717) is 12.0 Å². The molecule has 1 atom stereocenters. The van der Waals surface area contributed by atoms with Gasteiger partial charge in [-0.2, -0.15) is 0 Å². The second kappa shape index (κ2) is 6.61. The van der Waals surface area contributed by atoms with Crippen LogP contribution in [0.3, 0.4) is 0 Å². The fourth-order valence-corrected chi connectivity index (χ4v) is 4.01. The van der Waals surface area contributed by atoms with Crippen LogP contribution in [0.5, 0.6) is 0 Å². The summed E-state index contributed by atoms with van der Waals surface area (Å²) in [6, 6.07) is 11.2. The number of carbonyl (C=O) groups excluding carboxylic acids is 1. The van der Waals surface area contributed by atoms with Crippen molar-refractivity contribution >= 4 is 5.91 Å². The molecule has 21 heavy (non-hydrogen) atoms. The molecular weight excluding hydrogens is 260 g/mol. The van der Waals surface area contributed by atoms with Gasteiger partial charge in [-0.15, -0.1) is 0 Å². The van der Waals surface area contributed by atoms with E-state index >= 15 is 0 Å². The Labute approximate surface area is 127 Å². The molecule has 1 aromatic rings. The molecule has 0 unspecified atom stereocenters. The number of benzene rings is 1. The number of carbonyl (C=O) groups is 1. The van der Waals surface area contributed by atoms with Gasteiger partial charge in [-0.05, 0) is 50.3 Å². The molecule has 3 rings (SSSR count). The lowest BCUT2D eigenvalue weighted by molar-refractivity contribution is -0.130. The number of rotatable bonds is 3. The van der Waals surface area contributed by atoms with Crippen molar-refractivity contribution in [3.05, 3.63) is 35.9 Å². The van der Waals surface area contributed by atoms with Crippen LogP contribution in [0.1, 0.15) is 38.2 Å². The first-order valence-corrected chi connectivity index (χ1v) is 8.27. The van der Waals surface area contributed by atoms with Gasteiger partial charge in [-0.1, -0.05) is 30.3 Å². The van der Waals surface area contributed by atoms with Gasteiger partial charge in [-0.3, -0.25) is 9.69 Å². The van der Waals surface area contributed by atoms with E-state index in [1.54, 1.807) is 6.92 Å². The molecular formula is C18H26N2O. The van der Waals surface area contributed by atoms with Gasteiger partial charge < -0.3 is 4.90 Å². The Kier molecular flexibility index (Phi) is 4.59. The largest absolute Gasteiger partial charge is 0.340 e. The zero-order valence-corrected chi connectivity index (χ0v) is 13.0. The summed E-state index contributed by atoms with van der Waals surface area (Å²) in [5.74, 6) is 0.979. The first-order chi connectivity index (χ1) is 10.2. The Morgan fingerprint density at radius 3 is 2.48 bits per heavy atom. The van der Waals surface area contributed by atoms with E-state index in [1.807, 2.05) is 0 Å². The van der Waals surface area contributed by atoms with Crippen molar-refractivity contribution in [3.8, 4) is 0 Å². The van der Waals surface area contributed by atoms with E-state index in [4.69, 9.17) is 0 Å². The third-order valence-electron chi connectivity index (χ3n) is 5.13. The van der Waals surface area contributed by atoms with Crippen LogP contribution in [0, 0.1) is 5.92 Å². The minimum absolute atomic E-state index is 0.268. The lowest BCUT2D eigenvalue weighted by Gasteiger charge is -2.38. The van der Waals surface area contributed by atoms with Gasteiger partial charge in [0.05, 0.1) is 0 Å². The highest BCUT2D eigenvalue weighted by Gasteiger charge is 2.34. The molecule has 1 amide bonds. The SMILES string of the molecule is CC(=O)N1CCC[C@H]1C1CCN(Cc2ccccc2)CC1. The van der Waals surface area contributed by atoms with Crippen molar-refractivity contribution in [1.29, 1.82) is 0 Å². The first kappa shape index (κ1) is 14.6. The first-order valence-electron chi connectivity index (χ1n) is 8.27. The number of amides is 1. The van der Waals surface area contributed by atoms with Crippen LogP contribution in [-0.2, 0) is 11.3 Å². The average molecular weight is 286 g/mol. The third-order valence-corrected chi connectivity index (χ3v) is 5.13. The molecule has 2 aliphatic heterocycles. The molecule has 1 aromatic carbocycles. The Morgan fingerprint density at radius 1 is 1.10 bits per heavy atom. The topological polar surface area (TPSA) is 23.6 Å². The number of hydrogen-bond acceptors (Lipinski definition) is 2. The second-order valence-corrected chi connectivity index (χ2v) is 6.52. The Morgan fingerprint density at radius 2 is 1.81 bits per heavy atom. The molecule has 114 valence electrons. The summed E-state index contributed by atoms with van der Waals surface area (Å²) in [7, 11) is 0. The van der Waals surface area contributed by atoms with Crippen molar-refractivity contribution in [3.63, 3.8) is 0 Å². The van der Waals surface area contributed by atoms with E-state index in [0.717, 1.165) is 13.1 Å². The minimum Gasteiger partial charge on any atom is -0.340 e. The summed E-state index contributed by atoms with van der Waals surface area (Å²) < 4.78 is 0. The van der Waals surface area contributed by atoms with Crippen LogP contribution in [0.4, 0.5) is 0 Å². The predicted octanol–water partition coefficient (Wildman–Crippen LogP) is 2.91. The van der Waals surface area contributed by atoms with Crippen LogP contribution in [0.15, 0.2) is 30.3 Å². The van der Waals surface area contributed by atoms with Crippen molar-refractivity contribution in [1.82, 2.24) is 9.80 Å². The summed E-state index contributed by atoms with van der Waals surface area (Å²) in [6.07, 6.45) is 4.87. The average Bonchev–Trinajstić information content (AvgIpc) is 2.99. The maximum atomic E-state index is 11.7. The van der Waals surface area contributed by atoms with E-state index in [-0.39, 0.29) is 5.91 Å². The van der Waals surface area contributed by atoms with Gasteiger partial charge in [0.15, 0.2) is 0 Å². The lowest BCUT2D eigenvalue weighted by atomic mass is 9.87. The van der Waals surface area contributed by atoms with Crippen LogP contribution in [-0.4, -0.2) is 41.4 Å². The van der Waals surface area contributed by atoms with E-state index in [1.165, 1.54) is 44.3 Å². The Hall–Kier alpha value is -1.35. The zero-order chi connectivity index (χ0) is 14.7. The molecule has 2 saturated heterocycles. The summed E-state index contributed by atoms with van der Waals surface area (Å²) in [5, 5.41) is 0. The quantitative estimate of drug-likeness (QED) is 0.853. The van der Waals surface area contributed by atoms with Gasteiger partial charge in [0.1, 0.15) is 0 Å². The molecule has 3 nitrogen and oxygen atoms in total. The highest BCUT2D eigenvalue weighted by atomic mass is 16.2. The molecule has 0 aromatic heterocycles. The molecule has 2 fully saturated rings. The Bertz CT molecular complexity index is 465. The Balaban J connectivity index is 1.52. The maximum Gasteiger partial charge on any atom is 0.219 e. The van der Waals surface area contributed by atoms with Gasteiger partial charge in [0.25, 0.3) is 0 Å². The molecule has 0 saturated carbocycles. The van der Waals surface area contributed by atoms with Crippen molar-refractivity contribution in [2.24, 2.45) is 5.92 Å². The summed E-state index contributed by atoms with van der Waals surface area (Å²) in [5.41, 5.74) is 1.40. The molecule has 2 heterocycles. The number of nitrogens with zero attached hydrogens (tertiary/aromatic N) is 2. The highest BCUT2D eigenvalue weighted by molar-refractivity contribution is 5.73. The number of piperidine rings is 1. The normalized spacial score (nSPS) is 24.4. The monoisotopic (exact) mass is 286 g/mol. The molecule has 0 spiro atoms. The van der Waals surface area contributed by atoms with E-state index in [2.05, 4.69) is 40.1 Å². The lowest BCUT2D eigenvalue weighted by Crippen LogP contribution is -2.44. The summed E-state index contributed by atoms with van der Waals surface area (Å²) >= 11 is 0. The summed E-state index contributed by atoms with van der Waals surface area (Å²) in [4.78, 5) is 16.4. The van der Waals surface area contributed by atoms with Crippen LogP contribution in [0.25, 0.3) is 0 Å². The van der Waals surface area contributed by atoms with Crippen molar-refractivity contribution in [2.45, 2.75) is 45.2 Å². The van der Waals surface area contributed by atoms with E-state index in [9.17, 15) is 4.79 Å². The summed E-state index contributed by atoms with van der Waals surface area (Å²) in [6.45, 7) is 6.10. The standard InChI is InChI=1S/C18H26N2O/c1-15(21)20-11-5-8-18(20)17-9-12-19(13-10-17)14-16-6-3-2-4-7-16/h2-4,6-7,17-18H,5,8-14H2,1H3/t18-/m0/s1. The van der Waals surface area contributed by atoms with Crippen LogP contribution >= 0.6 is 0 Å². The molecule has 0 aliphatic carbocycles. The third kappa shape index (κ3) is 3.46. The van der Waals surface area contributed by atoms with E-state index < -0.39 is 0 Å². The number of hydrogen-bond donors (Lipinski definition) is 0. The fourth-order valence-electron chi connectivity index (χ4n) is 4.01. The van der Waals surface area contributed by atoms with Crippen LogP contribution in [0.2, 0.25) is 0 Å². The zero-order valence-electron chi connectivity index (χ0n) is 13.0. The molecule has 0 N–H and O–H groups in total. The second-order valence-electron chi connectivity index (χ2n) is 6.52. The minimum atomic E-state index is 0.268. The molecule has 0 bridgehead atoms. The van der Waals surface area contributed by atoms with Gasteiger partial charge in [0, 0.05) is 26.1 Å². The maximum absolute atomic E-state index is 11.7. The molecule has 2 aliphatic rings. The van der Waals surface area contributed by atoms with Crippen LogP contribution < -0.4 is 0 Å². The molecule has 3 heteroatoms. The predicted molar refractivity (Wildman–Crippen MR) is 84.9 cm³/mol. The highest BCUT2D eigenvalue weighted by Crippen LogP contribution is 2.31. The van der Waals surface area contributed by atoms with Crippen molar-refractivity contribution in [2.75, 3.05) is 19.6 Å².